The molecule has 2 N–H and O–H groups in total. The van der Waals surface area contributed by atoms with Crippen LogP contribution in [0.4, 0.5) is 4.39 Å². The van der Waals surface area contributed by atoms with E-state index in [9.17, 15) is 4.39 Å². The smallest absolute Gasteiger partial charge is 0.137 e. The number of rotatable bonds is 5. The first-order valence-electron chi connectivity index (χ1n) is 6.31. The van der Waals surface area contributed by atoms with E-state index in [1.54, 1.807) is 29.5 Å². The number of nitrogens with two attached hydrogens (primary N) is 1. The van der Waals surface area contributed by atoms with Crippen LogP contribution in [0.1, 0.15) is 29.0 Å². The van der Waals surface area contributed by atoms with E-state index in [-0.39, 0.29) is 16.8 Å². The zero-order chi connectivity index (χ0) is 14.7. The molecule has 1 atom stereocenters. The Balaban J connectivity index is 2.18. The van der Waals surface area contributed by atoms with E-state index < -0.39 is 0 Å². The van der Waals surface area contributed by atoms with Crippen molar-refractivity contribution in [3.8, 4) is 0 Å². The lowest BCUT2D eigenvalue weighted by molar-refractivity contribution is 0.253. The SMILES string of the molecule is CC(c1cccs1)N(C)Cc1cccc(C(N)=S)c1F. The molecule has 1 aromatic carbocycles. The molecule has 1 heterocycles. The predicted molar refractivity (Wildman–Crippen MR) is 86.5 cm³/mol. The van der Waals surface area contributed by atoms with E-state index >= 15 is 0 Å². The van der Waals surface area contributed by atoms with E-state index in [2.05, 4.69) is 17.9 Å². The van der Waals surface area contributed by atoms with Gasteiger partial charge in [-0.15, -0.1) is 11.3 Å². The van der Waals surface area contributed by atoms with Gasteiger partial charge >= 0.3 is 0 Å². The van der Waals surface area contributed by atoms with E-state index in [0.29, 0.717) is 17.7 Å². The molecule has 20 heavy (non-hydrogen) atoms. The molecule has 0 aliphatic rings. The van der Waals surface area contributed by atoms with Crippen LogP contribution in [0.25, 0.3) is 0 Å². The molecule has 0 saturated heterocycles. The first kappa shape index (κ1) is 15.1. The van der Waals surface area contributed by atoms with Crippen molar-refractivity contribution in [3.63, 3.8) is 0 Å². The Hall–Kier alpha value is -1.30. The molecule has 5 heteroatoms. The van der Waals surface area contributed by atoms with Gasteiger partial charge in [-0.3, -0.25) is 4.90 Å². The molecule has 0 radical (unpaired) electrons. The van der Waals surface area contributed by atoms with Crippen molar-refractivity contribution >= 4 is 28.5 Å². The summed E-state index contributed by atoms with van der Waals surface area (Å²) in [5.41, 5.74) is 6.46. The highest BCUT2D eigenvalue weighted by Gasteiger charge is 2.16. The quantitative estimate of drug-likeness (QED) is 0.854. The third-order valence-corrected chi connectivity index (χ3v) is 4.64. The third-order valence-electron chi connectivity index (χ3n) is 3.38. The molecule has 0 aliphatic heterocycles. The Bertz CT molecular complexity index is 596. The summed E-state index contributed by atoms with van der Waals surface area (Å²) < 4.78 is 14.3. The summed E-state index contributed by atoms with van der Waals surface area (Å²) in [5, 5.41) is 2.05. The first-order chi connectivity index (χ1) is 9.50. The van der Waals surface area contributed by atoms with Gasteiger partial charge in [0.15, 0.2) is 0 Å². The maximum Gasteiger partial charge on any atom is 0.137 e. The van der Waals surface area contributed by atoms with Crippen molar-refractivity contribution in [2.24, 2.45) is 5.73 Å². The summed E-state index contributed by atoms with van der Waals surface area (Å²) in [6.45, 7) is 2.63. The summed E-state index contributed by atoms with van der Waals surface area (Å²) in [4.78, 5) is 3.46. The van der Waals surface area contributed by atoms with Crippen LogP contribution in [-0.4, -0.2) is 16.9 Å². The van der Waals surface area contributed by atoms with Crippen molar-refractivity contribution in [2.45, 2.75) is 19.5 Å². The largest absolute Gasteiger partial charge is 0.389 e. The van der Waals surface area contributed by atoms with Gasteiger partial charge in [0.1, 0.15) is 10.8 Å². The van der Waals surface area contributed by atoms with Gasteiger partial charge < -0.3 is 5.73 Å². The Morgan fingerprint density at radius 2 is 2.15 bits per heavy atom. The van der Waals surface area contributed by atoms with Crippen molar-refractivity contribution < 1.29 is 4.39 Å². The van der Waals surface area contributed by atoms with Crippen LogP contribution in [0.5, 0.6) is 0 Å². The first-order valence-corrected chi connectivity index (χ1v) is 7.60. The van der Waals surface area contributed by atoms with Crippen molar-refractivity contribution in [1.29, 1.82) is 0 Å². The summed E-state index contributed by atoms with van der Waals surface area (Å²) in [7, 11) is 1.98. The Labute approximate surface area is 128 Å². The number of thiocarbonyl (C=S) groups is 1. The zero-order valence-electron chi connectivity index (χ0n) is 11.5. The second-order valence-electron chi connectivity index (χ2n) is 4.75. The fourth-order valence-electron chi connectivity index (χ4n) is 2.04. The molecule has 2 rings (SSSR count). The minimum absolute atomic E-state index is 0.0957. The van der Waals surface area contributed by atoms with Crippen LogP contribution in [-0.2, 0) is 6.54 Å². The molecule has 106 valence electrons. The topological polar surface area (TPSA) is 29.3 Å². The lowest BCUT2D eigenvalue weighted by Gasteiger charge is -2.24. The molecule has 0 fully saturated rings. The molecule has 0 saturated carbocycles. The predicted octanol–water partition coefficient (Wildman–Crippen LogP) is 3.71. The maximum atomic E-state index is 14.3. The third kappa shape index (κ3) is 3.23. The lowest BCUT2D eigenvalue weighted by Crippen LogP contribution is -2.22. The fourth-order valence-corrected chi connectivity index (χ4v) is 3.05. The second-order valence-corrected chi connectivity index (χ2v) is 6.17. The van der Waals surface area contributed by atoms with Crippen molar-refractivity contribution in [1.82, 2.24) is 4.90 Å². The molecule has 0 amide bonds. The van der Waals surface area contributed by atoms with Gasteiger partial charge in [-0.1, -0.05) is 30.4 Å². The highest BCUT2D eigenvalue weighted by molar-refractivity contribution is 7.80. The van der Waals surface area contributed by atoms with E-state index in [1.807, 2.05) is 18.5 Å². The fraction of sp³-hybridized carbons (Fsp3) is 0.267. The van der Waals surface area contributed by atoms with E-state index in [0.717, 1.165) is 0 Å². The molecule has 2 nitrogen and oxygen atoms in total. The van der Waals surface area contributed by atoms with E-state index in [4.69, 9.17) is 18.0 Å². The number of nitrogens with zero attached hydrogens (tertiary/aromatic N) is 1. The van der Waals surface area contributed by atoms with Gasteiger partial charge in [0.2, 0.25) is 0 Å². The highest BCUT2D eigenvalue weighted by atomic mass is 32.1. The molecule has 1 aromatic heterocycles. The average Bonchev–Trinajstić information content (AvgIpc) is 2.93. The minimum atomic E-state index is -0.315. The second kappa shape index (κ2) is 6.43. The molecular formula is C15H17FN2S2. The van der Waals surface area contributed by atoms with Crippen LogP contribution < -0.4 is 5.73 Å². The number of halogens is 1. The molecule has 1 unspecified atom stereocenters. The maximum absolute atomic E-state index is 14.3. The van der Waals surface area contributed by atoms with Crippen molar-refractivity contribution in [3.05, 3.63) is 57.5 Å². The van der Waals surface area contributed by atoms with E-state index in [1.165, 1.54) is 4.88 Å². The van der Waals surface area contributed by atoms with Gasteiger partial charge in [-0.2, -0.15) is 0 Å². The lowest BCUT2D eigenvalue weighted by atomic mass is 10.1. The number of hydrogen-bond donors (Lipinski definition) is 1. The summed E-state index contributed by atoms with van der Waals surface area (Å²) in [6.07, 6.45) is 0. The van der Waals surface area contributed by atoms with Crippen LogP contribution in [0.15, 0.2) is 35.7 Å². The summed E-state index contributed by atoms with van der Waals surface area (Å²) in [6, 6.07) is 9.53. The molecule has 0 spiro atoms. The van der Waals surface area contributed by atoms with Crippen LogP contribution in [0.2, 0.25) is 0 Å². The molecule has 0 bridgehead atoms. The van der Waals surface area contributed by atoms with Gasteiger partial charge in [-0.25, -0.2) is 4.39 Å². The molecular weight excluding hydrogens is 291 g/mol. The van der Waals surface area contributed by atoms with Gasteiger partial charge in [-0.05, 0) is 31.5 Å². The van der Waals surface area contributed by atoms with Gasteiger partial charge in [0, 0.05) is 28.6 Å². The summed E-state index contributed by atoms with van der Waals surface area (Å²) >= 11 is 6.57. The standard InChI is InChI=1S/C15H17FN2S2/c1-10(13-7-4-8-20-13)18(2)9-11-5-3-6-12(14(11)16)15(17)19/h3-8,10H,9H2,1-2H3,(H2,17,19). The summed E-state index contributed by atoms with van der Waals surface area (Å²) in [5.74, 6) is -0.315. The Morgan fingerprint density at radius 3 is 2.75 bits per heavy atom. The number of thiophene rings is 1. The highest BCUT2D eigenvalue weighted by Crippen LogP contribution is 2.25. The Kier molecular flexibility index (Phi) is 4.86. The monoisotopic (exact) mass is 308 g/mol. The zero-order valence-corrected chi connectivity index (χ0v) is 13.1. The number of benzene rings is 1. The molecule has 0 aliphatic carbocycles. The van der Waals surface area contributed by atoms with Crippen LogP contribution >= 0.6 is 23.6 Å². The molecule has 2 aromatic rings. The number of hydrogen-bond acceptors (Lipinski definition) is 3. The van der Waals surface area contributed by atoms with Gasteiger partial charge in [0.25, 0.3) is 0 Å². The normalized spacial score (nSPS) is 12.6. The average molecular weight is 308 g/mol. The van der Waals surface area contributed by atoms with Crippen LogP contribution in [0.3, 0.4) is 0 Å². The van der Waals surface area contributed by atoms with Gasteiger partial charge in [0.05, 0.1) is 0 Å². The van der Waals surface area contributed by atoms with Crippen molar-refractivity contribution in [2.75, 3.05) is 7.05 Å². The minimum Gasteiger partial charge on any atom is -0.389 e. The Morgan fingerprint density at radius 1 is 1.40 bits per heavy atom. The van der Waals surface area contributed by atoms with Crippen LogP contribution in [0, 0.1) is 5.82 Å².